The fraction of sp³-hybridized carbons (Fsp3) is 0.545. The Morgan fingerprint density at radius 3 is 2.76 bits per heavy atom. The van der Waals surface area contributed by atoms with E-state index in [0.717, 1.165) is 12.8 Å². The van der Waals surface area contributed by atoms with Crippen LogP contribution < -0.4 is 4.72 Å². The molecular formula is C11H19N3O2S. The third-order valence-corrected chi connectivity index (χ3v) is 3.91. The highest BCUT2D eigenvalue weighted by Crippen LogP contribution is 2.00. The van der Waals surface area contributed by atoms with E-state index in [0.29, 0.717) is 12.2 Å². The van der Waals surface area contributed by atoms with Gasteiger partial charge in [0.15, 0.2) is 0 Å². The Morgan fingerprint density at radius 2 is 2.18 bits per heavy atom. The van der Waals surface area contributed by atoms with Crippen LogP contribution in [-0.4, -0.2) is 31.3 Å². The van der Waals surface area contributed by atoms with Gasteiger partial charge in [-0.25, -0.2) is 0 Å². The lowest BCUT2D eigenvalue weighted by molar-refractivity contribution is 0.448. The first-order valence-corrected chi connectivity index (χ1v) is 7.11. The van der Waals surface area contributed by atoms with Crippen molar-refractivity contribution in [3.8, 4) is 0 Å². The number of aromatic nitrogens is 1. The monoisotopic (exact) mass is 257 g/mol. The molecule has 0 aromatic carbocycles. The maximum atomic E-state index is 11.8. The number of hydrogen-bond acceptors (Lipinski definition) is 3. The summed E-state index contributed by atoms with van der Waals surface area (Å²) in [5, 5.41) is 0. The summed E-state index contributed by atoms with van der Waals surface area (Å²) in [6, 6.07) is 5.41. The highest BCUT2D eigenvalue weighted by molar-refractivity contribution is 7.87. The Labute approximate surface area is 103 Å². The Hall–Kier alpha value is -0.980. The molecule has 6 heteroatoms. The number of rotatable bonds is 7. The Morgan fingerprint density at radius 1 is 1.41 bits per heavy atom. The summed E-state index contributed by atoms with van der Waals surface area (Å²) in [4.78, 5) is 4.06. The second kappa shape index (κ2) is 6.68. The molecule has 0 amide bonds. The van der Waals surface area contributed by atoms with Gasteiger partial charge in [0, 0.05) is 19.8 Å². The number of unbranched alkanes of at least 4 members (excludes halogenated alkanes) is 1. The van der Waals surface area contributed by atoms with Crippen LogP contribution in [0.4, 0.5) is 0 Å². The average Bonchev–Trinajstić information content (AvgIpc) is 2.35. The van der Waals surface area contributed by atoms with Gasteiger partial charge in [-0.3, -0.25) is 4.98 Å². The van der Waals surface area contributed by atoms with E-state index in [1.165, 1.54) is 4.31 Å². The molecule has 0 unspecified atom stereocenters. The van der Waals surface area contributed by atoms with Crippen LogP contribution >= 0.6 is 0 Å². The van der Waals surface area contributed by atoms with Crippen molar-refractivity contribution in [1.82, 2.24) is 14.0 Å². The van der Waals surface area contributed by atoms with Crippen molar-refractivity contribution in [1.29, 1.82) is 0 Å². The maximum absolute atomic E-state index is 11.8. The lowest BCUT2D eigenvalue weighted by atomic mass is 10.3. The molecule has 0 radical (unpaired) electrons. The zero-order valence-corrected chi connectivity index (χ0v) is 11.1. The van der Waals surface area contributed by atoms with Gasteiger partial charge >= 0.3 is 0 Å². The van der Waals surface area contributed by atoms with Gasteiger partial charge in [0.2, 0.25) is 0 Å². The molecule has 96 valence electrons. The lowest BCUT2D eigenvalue weighted by Gasteiger charge is -2.16. The van der Waals surface area contributed by atoms with Gasteiger partial charge in [0.1, 0.15) is 0 Å². The molecule has 5 nitrogen and oxygen atoms in total. The Balaban J connectivity index is 2.50. The summed E-state index contributed by atoms with van der Waals surface area (Å²) >= 11 is 0. The highest BCUT2D eigenvalue weighted by atomic mass is 32.2. The molecule has 1 heterocycles. The van der Waals surface area contributed by atoms with Crippen LogP contribution in [0.2, 0.25) is 0 Å². The van der Waals surface area contributed by atoms with E-state index >= 15 is 0 Å². The lowest BCUT2D eigenvalue weighted by Crippen LogP contribution is -2.38. The second-order valence-corrected chi connectivity index (χ2v) is 5.68. The Bertz CT molecular complexity index is 420. The van der Waals surface area contributed by atoms with Gasteiger partial charge < -0.3 is 0 Å². The zero-order chi connectivity index (χ0) is 12.7. The van der Waals surface area contributed by atoms with Crippen LogP contribution in [-0.2, 0) is 16.8 Å². The SMILES string of the molecule is CCCCN(C)S(=O)(=O)NCc1ccccn1. The Kier molecular flexibility index (Phi) is 5.54. The quantitative estimate of drug-likeness (QED) is 0.797. The predicted molar refractivity (Wildman–Crippen MR) is 67.5 cm³/mol. The van der Waals surface area contributed by atoms with Crippen LogP contribution in [0.5, 0.6) is 0 Å². The van der Waals surface area contributed by atoms with E-state index in [1.54, 1.807) is 25.4 Å². The maximum Gasteiger partial charge on any atom is 0.279 e. The first-order chi connectivity index (χ1) is 8.06. The van der Waals surface area contributed by atoms with Crippen molar-refractivity contribution in [2.24, 2.45) is 0 Å². The van der Waals surface area contributed by atoms with Crippen molar-refractivity contribution >= 4 is 10.2 Å². The molecule has 17 heavy (non-hydrogen) atoms. The second-order valence-electron chi connectivity index (χ2n) is 3.82. The minimum atomic E-state index is -3.39. The fourth-order valence-electron chi connectivity index (χ4n) is 1.28. The summed E-state index contributed by atoms with van der Waals surface area (Å²) in [5.41, 5.74) is 0.708. The molecule has 0 aliphatic carbocycles. The summed E-state index contributed by atoms with van der Waals surface area (Å²) in [7, 11) is -1.81. The summed E-state index contributed by atoms with van der Waals surface area (Å²) in [6.07, 6.45) is 3.48. The van der Waals surface area contributed by atoms with Crippen molar-refractivity contribution in [3.05, 3.63) is 30.1 Å². The van der Waals surface area contributed by atoms with Gasteiger partial charge in [-0.05, 0) is 18.6 Å². The topological polar surface area (TPSA) is 62.3 Å². The van der Waals surface area contributed by atoms with Crippen LogP contribution in [0, 0.1) is 0 Å². The van der Waals surface area contributed by atoms with Gasteiger partial charge in [0.05, 0.1) is 12.2 Å². The smallest absolute Gasteiger partial charge is 0.260 e. The third-order valence-electron chi connectivity index (χ3n) is 2.40. The number of nitrogens with one attached hydrogen (secondary N) is 1. The average molecular weight is 257 g/mol. The van der Waals surface area contributed by atoms with E-state index < -0.39 is 10.2 Å². The van der Waals surface area contributed by atoms with Gasteiger partial charge in [0.25, 0.3) is 10.2 Å². The van der Waals surface area contributed by atoms with Crippen molar-refractivity contribution < 1.29 is 8.42 Å². The molecule has 1 aromatic rings. The van der Waals surface area contributed by atoms with Crippen molar-refractivity contribution in [2.75, 3.05) is 13.6 Å². The van der Waals surface area contributed by atoms with E-state index in [-0.39, 0.29) is 6.54 Å². The molecule has 1 N–H and O–H groups in total. The molecule has 0 spiro atoms. The first kappa shape index (κ1) is 14.1. The van der Waals surface area contributed by atoms with Crippen LogP contribution in [0.3, 0.4) is 0 Å². The molecule has 1 rings (SSSR count). The van der Waals surface area contributed by atoms with Crippen molar-refractivity contribution in [2.45, 2.75) is 26.3 Å². The standard InChI is InChI=1S/C11H19N3O2S/c1-3-4-9-14(2)17(15,16)13-10-11-7-5-6-8-12-11/h5-8,13H,3-4,9-10H2,1-2H3. The molecule has 1 aromatic heterocycles. The van der Waals surface area contributed by atoms with Crippen LogP contribution in [0.1, 0.15) is 25.5 Å². The number of hydrogen-bond donors (Lipinski definition) is 1. The van der Waals surface area contributed by atoms with Crippen LogP contribution in [0.15, 0.2) is 24.4 Å². The van der Waals surface area contributed by atoms with E-state index in [2.05, 4.69) is 9.71 Å². The fourth-order valence-corrected chi connectivity index (χ4v) is 2.20. The number of nitrogens with zero attached hydrogens (tertiary/aromatic N) is 2. The minimum Gasteiger partial charge on any atom is -0.260 e. The first-order valence-electron chi connectivity index (χ1n) is 5.67. The molecule has 0 aliphatic heterocycles. The number of pyridine rings is 1. The predicted octanol–water partition coefficient (Wildman–Crippen LogP) is 1.15. The van der Waals surface area contributed by atoms with Crippen molar-refractivity contribution in [3.63, 3.8) is 0 Å². The highest BCUT2D eigenvalue weighted by Gasteiger charge is 2.16. The molecule has 0 bridgehead atoms. The molecule has 0 saturated heterocycles. The van der Waals surface area contributed by atoms with Gasteiger partial charge in [-0.2, -0.15) is 17.4 Å². The normalized spacial score (nSPS) is 11.9. The summed E-state index contributed by atoms with van der Waals surface area (Å²) in [6.45, 7) is 2.79. The minimum absolute atomic E-state index is 0.222. The molecule has 0 fully saturated rings. The largest absolute Gasteiger partial charge is 0.279 e. The van der Waals surface area contributed by atoms with Gasteiger partial charge in [-0.1, -0.05) is 19.4 Å². The molecule has 0 aliphatic rings. The third kappa shape index (κ3) is 4.80. The van der Waals surface area contributed by atoms with E-state index in [1.807, 2.05) is 13.0 Å². The molecule has 0 atom stereocenters. The summed E-state index contributed by atoms with van der Waals surface area (Å²) < 4.78 is 27.4. The van der Waals surface area contributed by atoms with Crippen LogP contribution in [0.25, 0.3) is 0 Å². The van der Waals surface area contributed by atoms with E-state index in [4.69, 9.17) is 0 Å². The zero-order valence-electron chi connectivity index (χ0n) is 10.3. The van der Waals surface area contributed by atoms with E-state index in [9.17, 15) is 8.42 Å². The molecular weight excluding hydrogens is 238 g/mol. The van der Waals surface area contributed by atoms with Gasteiger partial charge in [-0.15, -0.1) is 0 Å². The molecule has 0 saturated carbocycles. The summed E-state index contributed by atoms with van der Waals surface area (Å²) in [5.74, 6) is 0.